The number of amides is 1. The average molecular weight is 340 g/mol. The van der Waals surface area contributed by atoms with Crippen LogP contribution in [0.1, 0.15) is 16.9 Å². The first-order chi connectivity index (χ1) is 12.1. The molecule has 1 saturated heterocycles. The van der Waals surface area contributed by atoms with Crippen LogP contribution in [0.25, 0.3) is 0 Å². The Bertz CT molecular complexity index is 787. The van der Waals surface area contributed by atoms with Gasteiger partial charge in [-0.15, -0.1) is 0 Å². The van der Waals surface area contributed by atoms with Gasteiger partial charge < -0.3 is 9.32 Å². The zero-order valence-corrected chi connectivity index (χ0v) is 14.3. The van der Waals surface area contributed by atoms with E-state index in [4.69, 9.17) is 4.42 Å². The Balaban J connectivity index is 1.53. The second kappa shape index (κ2) is 7.32. The van der Waals surface area contributed by atoms with Gasteiger partial charge in [0.25, 0.3) is 0 Å². The molecule has 130 valence electrons. The summed E-state index contributed by atoms with van der Waals surface area (Å²) < 4.78 is 5.47. The molecule has 1 aliphatic rings. The van der Waals surface area contributed by atoms with Crippen molar-refractivity contribution in [3.05, 3.63) is 35.3 Å². The summed E-state index contributed by atoms with van der Waals surface area (Å²) in [7, 11) is 0. The highest BCUT2D eigenvalue weighted by molar-refractivity contribution is 5.92. The third kappa shape index (κ3) is 3.78. The number of nitriles is 1. The third-order valence-corrected chi connectivity index (χ3v) is 4.32. The molecular formula is C17H20N6O2. The molecule has 1 fully saturated rings. The number of piperazine rings is 1. The van der Waals surface area contributed by atoms with Gasteiger partial charge in [0.2, 0.25) is 17.7 Å². The van der Waals surface area contributed by atoms with Gasteiger partial charge in [-0.05, 0) is 19.9 Å². The van der Waals surface area contributed by atoms with E-state index in [1.165, 1.54) is 0 Å². The minimum Gasteiger partial charge on any atom is -0.444 e. The highest BCUT2D eigenvalue weighted by Crippen LogP contribution is 2.25. The number of hydrogen-bond donors (Lipinski definition) is 1. The van der Waals surface area contributed by atoms with Gasteiger partial charge in [0, 0.05) is 44.1 Å². The summed E-state index contributed by atoms with van der Waals surface area (Å²) in [6, 6.07) is 3.86. The van der Waals surface area contributed by atoms with Crippen LogP contribution in [-0.4, -0.2) is 53.5 Å². The Morgan fingerprint density at radius 2 is 1.96 bits per heavy atom. The molecule has 3 heterocycles. The Kier molecular flexibility index (Phi) is 4.95. The van der Waals surface area contributed by atoms with E-state index in [-0.39, 0.29) is 18.3 Å². The van der Waals surface area contributed by atoms with Crippen LogP contribution in [0.15, 0.2) is 22.9 Å². The average Bonchev–Trinajstić information content (AvgIpc) is 2.89. The van der Waals surface area contributed by atoms with Crippen molar-refractivity contribution in [1.82, 2.24) is 14.9 Å². The van der Waals surface area contributed by atoms with E-state index >= 15 is 0 Å². The molecule has 0 aromatic carbocycles. The number of nitrogens with one attached hydrogen (secondary N) is 1. The maximum absolute atomic E-state index is 12.3. The maximum atomic E-state index is 12.3. The highest BCUT2D eigenvalue weighted by atomic mass is 16.4. The standard InChI is InChI=1S/C17H20N6O2/c1-12-13(2)25-16(14(12)10-18)21-15(24)11-22-6-8-23(9-7-22)17-19-4-3-5-20-17/h3-5H,6-9,11H2,1-2H3,(H,21,24). The predicted octanol–water partition coefficient (Wildman–Crippen LogP) is 1.32. The summed E-state index contributed by atoms with van der Waals surface area (Å²) in [5, 5.41) is 11.9. The summed E-state index contributed by atoms with van der Waals surface area (Å²) in [5.74, 6) is 1.41. The highest BCUT2D eigenvalue weighted by Gasteiger charge is 2.22. The van der Waals surface area contributed by atoms with Gasteiger partial charge in [-0.1, -0.05) is 0 Å². The lowest BCUT2D eigenvalue weighted by atomic mass is 10.2. The molecule has 0 radical (unpaired) electrons. The van der Waals surface area contributed by atoms with Gasteiger partial charge in [-0.3, -0.25) is 15.0 Å². The van der Waals surface area contributed by atoms with E-state index in [2.05, 4.69) is 31.2 Å². The quantitative estimate of drug-likeness (QED) is 0.896. The topological polar surface area (TPSA) is 98.3 Å². The number of nitrogens with zero attached hydrogens (tertiary/aromatic N) is 5. The number of carbonyl (C=O) groups is 1. The minimum absolute atomic E-state index is 0.185. The first kappa shape index (κ1) is 16.9. The molecule has 0 spiro atoms. The number of rotatable bonds is 4. The number of furan rings is 1. The van der Waals surface area contributed by atoms with Crippen molar-refractivity contribution in [3.8, 4) is 6.07 Å². The zero-order valence-electron chi connectivity index (χ0n) is 14.3. The van der Waals surface area contributed by atoms with Crippen molar-refractivity contribution in [2.45, 2.75) is 13.8 Å². The number of anilines is 2. The van der Waals surface area contributed by atoms with Gasteiger partial charge in [-0.25, -0.2) is 9.97 Å². The van der Waals surface area contributed by atoms with E-state index in [9.17, 15) is 10.1 Å². The number of aryl methyl sites for hydroxylation is 1. The molecule has 3 rings (SSSR count). The number of carbonyl (C=O) groups excluding carboxylic acids is 1. The molecule has 2 aromatic rings. The van der Waals surface area contributed by atoms with Gasteiger partial charge in [0.05, 0.1) is 6.54 Å². The second-order valence-electron chi connectivity index (χ2n) is 5.96. The number of hydrogen-bond acceptors (Lipinski definition) is 7. The fourth-order valence-corrected chi connectivity index (χ4v) is 2.78. The van der Waals surface area contributed by atoms with Crippen molar-refractivity contribution in [3.63, 3.8) is 0 Å². The fourth-order valence-electron chi connectivity index (χ4n) is 2.78. The summed E-state index contributed by atoms with van der Waals surface area (Å²) in [6.45, 7) is 6.85. The van der Waals surface area contributed by atoms with Crippen LogP contribution in [0.3, 0.4) is 0 Å². The molecule has 1 amide bonds. The monoisotopic (exact) mass is 340 g/mol. The van der Waals surface area contributed by atoms with Crippen molar-refractivity contribution in [2.24, 2.45) is 0 Å². The van der Waals surface area contributed by atoms with Crippen molar-refractivity contribution in [1.29, 1.82) is 5.26 Å². The molecule has 0 atom stereocenters. The van der Waals surface area contributed by atoms with Gasteiger partial charge in [0.1, 0.15) is 17.4 Å². The van der Waals surface area contributed by atoms with E-state index in [0.29, 0.717) is 17.3 Å². The van der Waals surface area contributed by atoms with Gasteiger partial charge in [-0.2, -0.15) is 5.26 Å². The van der Waals surface area contributed by atoms with Crippen LogP contribution in [0.5, 0.6) is 0 Å². The molecule has 0 aliphatic carbocycles. The smallest absolute Gasteiger partial charge is 0.240 e. The predicted molar refractivity (Wildman–Crippen MR) is 92.2 cm³/mol. The maximum Gasteiger partial charge on any atom is 0.240 e. The SMILES string of the molecule is Cc1oc(NC(=O)CN2CCN(c3ncccn3)CC2)c(C#N)c1C. The van der Waals surface area contributed by atoms with Crippen LogP contribution in [0.2, 0.25) is 0 Å². The van der Waals surface area contributed by atoms with Crippen LogP contribution >= 0.6 is 0 Å². The van der Waals surface area contributed by atoms with Crippen LogP contribution < -0.4 is 10.2 Å². The first-order valence-corrected chi connectivity index (χ1v) is 8.12. The molecule has 25 heavy (non-hydrogen) atoms. The van der Waals surface area contributed by atoms with E-state index in [0.717, 1.165) is 31.7 Å². The van der Waals surface area contributed by atoms with E-state index in [1.54, 1.807) is 32.3 Å². The molecule has 0 unspecified atom stereocenters. The molecule has 1 aliphatic heterocycles. The normalized spacial score (nSPS) is 15.0. The van der Waals surface area contributed by atoms with Gasteiger partial charge in [0.15, 0.2) is 0 Å². The molecule has 8 nitrogen and oxygen atoms in total. The van der Waals surface area contributed by atoms with E-state index < -0.39 is 0 Å². The van der Waals surface area contributed by atoms with E-state index in [1.807, 2.05) is 0 Å². The largest absolute Gasteiger partial charge is 0.444 e. The summed E-state index contributed by atoms with van der Waals surface area (Å²) in [4.78, 5) is 24.9. The summed E-state index contributed by atoms with van der Waals surface area (Å²) >= 11 is 0. The zero-order chi connectivity index (χ0) is 17.8. The molecule has 0 bridgehead atoms. The molecule has 8 heteroatoms. The van der Waals surface area contributed by atoms with Crippen molar-refractivity contribution in [2.75, 3.05) is 42.9 Å². The summed E-state index contributed by atoms with van der Waals surface area (Å²) in [5.41, 5.74) is 1.14. The molecular weight excluding hydrogens is 320 g/mol. The van der Waals surface area contributed by atoms with Crippen LogP contribution in [0, 0.1) is 25.2 Å². The molecule has 2 aromatic heterocycles. The van der Waals surface area contributed by atoms with Crippen LogP contribution in [0.4, 0.5) is 11.8 Å². The Morgan fingerprint density at radius 3 is 2.60 bits per heavy atom. The summed E-state index contributed by atoms with van der Waals surface area (Å²) in [6.07, 6.45) is 3.45. The molecule has 1 N–H and O–H groups in total. The Morgan fingerprint density at radius 1 is 1.28 bits per heavy atom. The van der Waals surface area contributed by atoms with Gasteiger partial charge >= 0.3 is 0 Å². The van der Waals surface area contributed by atoms with Crippen LogP contribution in [-0.2, 0) is 4.79 Å². The van der Waals surface area contributed by atoms with Crippen molar-refractivity contribution < 1.29 is 9.21 Å². The first-order valence-electron chi connectivity index (χ1n) is 8.12. The second-order valence-corrected chi connectivity index (χ2v) is 5.96. The lowest BCUT2D eigenvalue weighted by Crippen LogP contribution is -2.49. The van der Waals surface area contributed by atoms with Crippen molar-refractivity contribution >= 4 is 17.7 Å². The number of aromatic nitrogens is 2. The lowest BCUT2D eigenvalue weighted by molar-refractivity contribution is -0.117. The lowest BCUT2D eigenvalue weighted by Gasteiger charge is -2.34. The minimum atomic E-state index is -0.185. The fraction of sp³-hybridized carbons (Fsp3) is 0.412. The Labute approximate surface area is 146 Å². The molecule has 0 saturated carbocycles. The Hall–Kier alpha value is -2.92. The third-order valence-electron chi connectivity index (χ3n) is 4.32.